The predicted molar refractivity (Wildman–Crippen MR) is 50.8 cm³/mol. The van der Waals surface area contributed by atoms with Crippen LogP contribution in [-0.2, 0) is 9.47 Å². The van der Waals surface area contributed by atoms with E-state index in [0.29, 0.717) is 13.0 Å². The second kappa shape index (κ2) is 5.84. The van der Waals surface area contributed by atoms with E-state index in [0.717, 1.165) is 12.8 Å². The molecule has 0 radical (unpaired) electrons. The van der Waals surface area contributed by atoms with Gasteiger partial charge in [0.25, 0.3) is 0 Å². The molecule has 1 saturated heterocycles. The monoisotopic (exact) mass is 242 g/mol. The van der Waals surface area contributed by atoms with Crippen molar-refractivity contribution in [3.8, 4) is 0 Å². The summed E-state index contributed by atoms with van der Waals surface area (Å²) in [5.74, 6) is 0. The summed E-state index contributed by atoms with van der Waals surface area (Å²) in [6.07, 6.45) is -6.91. The summed E-state index contributed by atoms with van der Waals surface area (Å²) < 4.78 is 47.1. The molecule has 0 aromatic rings. The van der Waals surface area contributed by atoms with E-state index in [4.69, 9.17) is 9.47 Å². The molecule has 0 spiro atoms. The Kier molecular flexibility index (Phi) is 5.01. The lowest BCUT2D eigenvalue weighted by molar-refractivity contribution is -0.311. The number of unbranched alkanes of at least 4 members (excludes halogenated alkanes) is 1. The van der Waals surface area contributed by atoms with Crippen LogP contribution in [0.1, 0.15) is 32.6 Å². The average molecular weight is 242 g/mol. The van der Waals surface area contributed by atoms with Gasteiger partial charge in [0.1, 0.15) is 0 Å². The Balaban J connectivity index is 2.41. The SMILES string of the molecule is CCCCO[C@H]1CC[C@@H](O)[C@H](C(F)(F)F)O1. The van der Waals surface area contributed by atoms with E-state index < -0.39 is 24.7 Å². The largest absolute Gasteiger partial charge is 0.417 e. The van der Waals surface area contributed by atoms with Crippen LogP contribution in [0.25, 0.3) is 0 Å². The Morgan fingerprint density at radius 3 is 2.62 bits per heavy atom. The second-order valence-corrected chi connectivity index (χ2v) is 3.90. The minimum atomic E-state index is -4.54. The van der Waals surface area contributed by atoms with Crippen LogP contribution in [0.15, 0.2) is 0 Å². The van der Waals surface area contributed by atoms with E-state index in [-0.39, 0.29) is 6.42 Å². The zero-order chi connectivity index (χ0) is 12.2. The van der Waals surface area contributed by atoms with Crippen LogP contribution in [0.5, 0.6) is 0 Å². The van der Waals surface area contributed by atoms with Gasteiger partial charge in [0.2, 0.25) is 0 Å². The molecule has 0 bridgehead atoms. The van der Waals surface area contributed by atoms with E-state index in [9.17, 15) is 18.3 Å². The first-order chi connectivity index (χ1) is 7.45. The van der Waals surface area contributed by atoms with Gasteiger partial charge in [-0.2, -0.15) is 13.2 Å². The van der Waals surface area contributed by atoms with E-state index in [2.05, 4.69) is 0 Å². The summed E-state index contributed by atoms with van der Waals surface area (Å²) in [7, 11) is 0. The lowest BCUT2D eigenvalue weighted by Gasteiger charge is -2.34. The molecule has 3 atom stereocenters. The van der Waals surface area contributed by atoms with Crippen LogP contribution >= 0.6 is 0 Å². The highest BCUT2D eigenvalue weighted by atomic mass is 19.4. The summed E-state index contributed by atoms with van der Waals surface area (Å²) in [6, 6.07) is 0. The van der Waals surface area contributed by atoms with Gasteiger partial charge < -0.3 is 14.6 Å². The first-order valence-corrected chi connectivity index (χ1v) is 5.47. The Hall–Kier alpha value is -0.330. The Labute approximate surface area is 92.5 Å². The highest BCUT2D eigenvalue weighted by Crippen LogP contribution is 2.32. The molecule has 0 aromatic heterocycles. The van der Waals surface area contributed by atoms with Crippen molar-refractivity contribution in [3.05, 3.63) is 0 Å². The number of ether oxygens (including phenoxy) is 2. The van der Waals surface area contributed by atoms with E-state index in [1.54, 1.807) is 0 Å². The number of rotatable bonds is 4. The molecule has 3 nitrogen and oxygen atoms in total. The standard InChI is InChI=1S/C10H17F3O3/c1-2-3-6-15-8-5-4-7(14)9(16-8)10(11,12)13/h7-9,14H,2-6H2,1H3/t7-,8-,9-/m1/s1. The van der Waals surface area contributed by atoms with Crippen molar-refractivity contribution < 1.29 is 27.8 Å². The minimum Gasteiger partial charge on any atom is -0.390 e. The Bertz CT molecular complexity index is 208. The van der Waals surface area contributed by atoms with Crippen LogP contribution in [0.2, 0.25) is 0 Å². The van der Waals surface area contributed by atoms with Crippen molar-refractivity contribution in [2.24, 2.45) is 0 Å². The lowest BCUT2D eigenvalue weighted by atomic mass is 10.0. The molecule has 1 N–H and O–H groups in total. The molecular weight excluding hydrogens is 225 g/mol. The minimum absolute atomic E-state index is 0.0565. The summed E-state index contributed by atoms with van der Waals surface area (Å²) in [5, 5.41) is 9.19. The fourth-order valence-electron chi connectivity index (χ4n) is 1.56. The van der Waals surface area contributed by atoms with Crippen molar-refractivity contribution in [3.63, 3.8) is 0 Å². The topological polar surface area (TPSA) is 38.7 Å². The van der Waals surface area contributed by atoms with E-state index >= 15 is 0 Å². The molecule has 1 aliphatic heterocycles. The van der Waals surface area contributed by atoms with Crippen LogP contribution in [0.4, 0.5) is 13.2 Å². The van der Waals surface area contributed by atoms with Crippen LogP contribution in [0.3, 0.4) is 0 Å². The van der Waals surface area contributed by atoms with Crippen molar-refractivity contribution in [2.75, 3.05) is 6.61 Å². The average Bonchev–Trinajstić information content (AvgIpc) is 2.19. The maximum atomic E-state index is 12.4. The maximum Gasteiger partial charge on any atom is 0.417 e. The molecule has 0 amide bonds. The molecule has 1 fully saturated rings. The van der Waals surface area contributed by atoms with E-state index in [1.807, 2.05) is 6.92 Å². The molecule has 6 heteroatoms. The fourth-order valence-corrected chi connectivity index (χ4v) is 1.56. The highest BCUT2D eigenvalue weighted by Gasteiger charge is 2.48. The fraction of sp³-hybridized carbons (Fsp3) is 1.00. The molecule has 96 valence electrons. The highest BCUT2D eigenvalue weighted by molar-refractivity contribution is 4.81. The number of hydrogen-bond acceptors (Lipinski definition) is 3. The molecular formula is C10H17F3O3. The molecule has 1 rings (SSSR count). The van der Waals surface area contributed by atoms with Gasteiger partial charge in [-0.1, -0.05) is 13.3 Å². The molecule has 0 aliphatic carbocycles. The van der Waals surface area contributed by atoms with Crippen molar-refractivity contribution in [1.29, 1.82) is 0 Å². The van der Waals surface area contributed by atoms with E-state index in [1.165, 1.54) is 0 Å². The summed E-state index contributed by atoms with van der Waals surface area (Å²) in [6.45, 7) is 2.36. The maximum absolute atomic E-state index is 12.4. The van der Waals surface area contributed by atoms with Crippen molar-refractivity contribution in [1.82, 2.24) is 0 Å². The van der Waals surface area contributed by atoms with Gasteiger partial charge >= 0.3 is 6.18 Å². The molecule has 0 saturated carbocycles. The Morgan fingerprint density at radius 2 is 2.06 bits per heavy atom. The number of aliphatic hydroxyl groups is 1. The van der Waals surface area contributed by atoms with Gasteiger partial charge in [0.15, 0.2) is 12.4 Å². The third-order valence-corrected chi connectivity index (χ3v) is 2.47. The van der Waals surface area contributed by atoms with Gasteiger partial charge in [-0.25, -0.2) is 0 Å². The predicted octanol–water partition coefficient (Wildman–Crippen LogP) is 2.23. The first kappa shape index (κ1) is 13.7. The third kappa shape index (κ3) is 3.92. The zero-order valence-corrected chi connectivity index (χ0v) is 9.17. The number of aliphatic hydroxyl groups excluding tert-OH is 1. The molecule has 1 aliphatic rings. The zero-order valence-electron chi connectivity index (χ0n) is 9.17. The van der Waals surface area contributed by atoms with Crippen molar-refractivity contribution >= 4 is 0 Å². The quantitative estimate of drug-likeness (QED) is 0.768. The molecule has 1 heterocycles. The second-order valence-electron chi connectivity index (χ2n) is 3.90. The smallest absolute Gasteiger partial charge is 0.390 e. The van der Waals surface area contributed by atoms with Gasteiger partial charge in [-0.05, 0) is 12.8 Å². The number of halogens is 3. The van der Waals surface area contributed by atoms with Crippen molar-refractivity contribution in [2.45, 2.75) is 57.3 Å². The van der Waals surface area contributed by atoms with Crippen LogP contribution in [0, 0.1) is 0 Å². The third-order valence-electron chi connectivity index (χ3n) is 2.47. The van der Waals surface area contributed by atoms with Crippen LogP contribution < -0.4 is 0 Å². The van der Waals surface area contributed by atoms with Gasteiger partial charge in [-0.15, -0.1) is 0 Å². The summed E-state index contributed by atoms with van der Waals surface area (Å²) in [4.78, 5) is 0. The van der Waals surface area contributed by atoms with Gasteiger partial charge in [0.05, 0.1) is 6.10 Å². The van der Waals surface area contributed by atoms with Crippen LogP contribution in [-0.4, -0.2) is 36.4 Å². The molecule has 16 heavy (non-hydrogen) atoms. The van der Waals surface area contributed by atoms with Gasteiger partial charge in [0, 0.05) is 13.0 Å². The van der Waals surface area contributed by atoms with Gasteiger partial charge in [-0.3, -0.25) is 0 Å². The molecule has 0 unspecified atom stereocenters. The lowest BCUT2D eigenvalue weighted by Crippen LogP contribution is -2.48. The summed E-state index contributed by atoms with van der Waals surface area (Å²) in [5.41, 5.74) is 0. The first-order valence-electron chi connectivity index (χ1n) is 5.47. The number of alkyl halides is 3. The Morgan fingerprint density at radius 1 is 1.38 bits per heavy atom. The normalized spacial score (nSPS) is 31.7. The molecule has 0 aromatic carbocycles. The summed E-state index contributed by atoms with van der Waals surface area (Å²) >= 11 is 0. The number of hydrogen-bond donors (Lipinski definition) is 1.